The molecular weight excluding hydrogens is 279 g/mol. The van der Waals surface area contributed by atoms with E-state index in [4.69, 9.17) is 23.2 Å². The van der Waals surface area contributed by atoms with E-state index in [-0.39, 0.29) is 10.6 Å². The fourth-order valence-electron chi connectivity index (χ4n) is 1.39. The minimum absolute atomic E-state index is 0.209. The normalized spacial score (nSPS) is 15.2. The Morgan fingerprint density at radius 2 is 1.61 bits per heavy atom. The number of benzene rings is 1. The van der Waals surface area contributed by atoms with E-state index < -0.39 is 17.8 Å². The molecule has 1 heterocycles. The largest absolute Gasteiger partial charge is 0.328 e. The minimum Gasteiger partial charge on any atom is -0.273 e. The Labute approximate surface area is 112 Å². The van der Waals surface area contributed by atoms with Crippen molar-refractivity contribution in [3.05, 3.63) is 39.4 Å². The van der Waals surface area contributed by atoms with E-state index in [1.807, 2.05) is 10.6 Å². The summed E-state index contributed by atoms with van der Waals surface area (Å²) in [5.74, 6) is -1.56. The summed E-state index contributed by atoms with van der Waals surface area (Å²) in [5.41, 5.74) is 0.206. The van der Waals surface area contributed by atoms with Crippen molar-refractivity contribution in [3.63, 3.8) is 0 Å². The van der Waals surface area contributed by atoms with E-state index in [0.717, 1.165) is 0 Å². The topological polar surface area (TPSA) is 75.3 Å². The van der Waals surface area contributed by atoms with Crippen molar-refractivity contribution in [3.8, 4) is 0 Å². The number of carbonyl (C=O) groups excluding carboxylic acids is 3. The first-order chi connectivity index (χ1) is 8.49. The molecule has 1 fully saturated rings. The molecule has 1 aromatic carbocycles. The van der Waals surface area contributed by atoms with E-state index in [0.29, 0.717) is 10.6 Å². The quantitative estimate of drug-likeness (QED) is 0.609. The summed E-state index contributed by atoms with van der Waals surface area (Å²) in [6.45, 7) is 0. The van der Waals surface area contributed by atoms with Gasteiger partial charge in [0.15, 0.2) is 0 Å². The van der Waals surface area contributed by atoms with Crippen molar-refractivity contribution >= 4 is 47.1 Å². The molecule has 0 spiro atoms. The second kappa shape index (κ2) is 4.80. The Morgan fingerprint density at radius 1 is 1.00 bits per heavy atom. The zero-order valence-corrected chi connectivity index (χ0v) is 10.3. The van der Waals surface area contributed by atoms with Gasteiger partial charge >= 0.3 is 6.03 Å². The number of hydrogen-bond donors (Lipinski definition) is 2. The third kappa shape index (κ3) is 2.37. The average Bonchev–Trinajstić information content (AvgIpc) is 2.28. The van der Waals surface area contributed by atoms with E-state index in [1.54, 1.807) is 18.2 Å². The number of hydrogen-bond acceptors (Lipinski definition) is 3. The van der Waals surface area contributed by atoms with Crippen molar-refractivity contribution in [1.29, 1.82) is 0 Å². The maximum atomic E-state index is 11.5. The zero-order chi connectivity index (χ0) is 13.3. The Morgan fingerprint density at radius 3 is 2.22 bits per heavy atom. The summed E-state index contributed by atoms with van der Waals surface area (Å²) in [7, 11) is 0. The van der Waals surface area contributed by atoms with Crippen LogP contribution in [0.1, 0.15) is 5.56 Å². The maximum absolute atomic E-state index is 11.5. The smallest absolute Gasteiger partial charge is 0.273 e. The Balaban J connectivity index is 2.44. The average molecular weight is 285 g/mol. The van der Waals surface area contributed by atoms with Gasteiger partial charge in [0.2, 0.25) is 0 Å². The molecule has 92 valence electrons. The lowest BCUT2D eigenvalue weighted by Crippen LogP contribution is -2.51. The van der Waals surface area contributed by atoms with Gasteiger partial charge in [-0.2, -0.15) is 0 Å². The van der Waals surface area contributed by atoms with Gasteiger partial charge in [-0.25, -0.2) is 4.79 Å². The first-order valence-electron chi connectivity index (χ1n) is 4.81. The van der Waals surface area contributed by atoms with Gasteiger partial charge in [-0.15, -0.1) is 0 Å². The fourth-order valence-corrected chi connectivity index (χ4v) is 1.76. The molecule has 1 aliphatic heterocycles. The number of amides is 4. The highest BCUT2D eigenvalue weighted by Crippen LogP contribution is 2.27. The monoisotopic (exact) mass is 284 g/mol. The van der Waals surface area contributed by atoms with Gasteiger partial charge in [-0.3, -0.25) is 20.2 Å². The van der Waals surface area contributed by atoms with Crippen LogP contribution in [0.25, 0.3) is 6.08 Å². The summed E-state index contributed by atoms with van der Waals surface area (Å²) in [5, 5.41) is 4.45. The summed E-state index contributed by atoms with van der Waals surface area (Å²) < 4.78 is 0. The molecule has 4 amide bonds. The van der Waals surface area contributed by atoms with Crippen LogP contribution < -0.4 is 10.6 Å². The molecule has 2 N–H and O–H groups in total. The minimum atomic E-state index is -0.848. The second-order valence-corrected chi connectivity index (χ2v) is 4.22. The lowest BCUT2D eigenvalue weighted by molar-refractivity contribution is -0.123. The number of urea groups is 1. The third-order valence-corrected chi connectivity index (χ3v) is 3.06. The molecular formula is C11H6Cl2N2O3. The van der Waals surface area contributed by atoms with Crippen LogP contribution >= 0.6 is 23.2 Å². The first kappa shape index (κ1) is 12.6. The molecule has 0 aliphatic carbocycles. The second-order valence-electron chi connectivity index (χ2n) is 3.44. The fraction of sp³-hybridized carbons (Fsp3) is 0. The zero-order valence-electron chi connectivity index (χ0n) is 8.79. The summed E-state index contributed by atoms with van der Waals surface area (Å²) in [4.78, 5) is 33.8. The molecule has 0 radical (unpaired) electrons. The predicted octanol–water partition coefficient (Wildman–Crippen LogP) is 1.74. The van der Waals surface area contributed by atoms with Crippen LogP contribution in [0.15, 0.2) is 23.8 Å². The molecule has 1 aliphatic rings. The number of barbiturate groups is 1. The van der Waals surface area contributed by atoms with Gasteiger partial charge in [0.05, 0.1) is 10.0 Å². The Bertz CT molecular complexity index is 574. The van der Waals surface area contributed by atoms with E-state index >= 15 is 0 Å². The number of imide groups is 2. The maximum Gasteiger partial charge on any atom is 0.328 e. The summed E-state index contributed by atoms with van der Waals surface area (Å²) in [6.07, 6.45) is 1.27. The van der Waals surface area contributed by atoms with Crippen molar-refractivity contribution in [2.75, 3.05) is 0 Å². The van der Waals surface area contributed by atoms with E-state index in [1.165, 1.54) is 6.08 Å². The van der Waals surface area contributed by atoms with Gasteiger partial charge in [-0.1, -0.05) is 35.3 Å². The number of nitrogens with one attached hydrogen (secondary N) is 2. The van der Waals surface area contributed by atoms with Crippen molar-refractivity contribution in [1.82, 2.24) is 10.6 Å². The van der Waals surface area contributed by atoms with Gasteiger partial charge in [0.1, 0.15) is 5.57 Å². The summed E-state index contributed by atoms with van der Waals surface area (Å²) >= 11 is 11.7. The van der Waals surface area contributed by atoms with Crippen LogP contribution in [0.4, 0.5) is 4.79 Å². The SMILES string of the molecule is O=C1NC(=O)C(=Cc2cccc(Cl)c2Cl)C(=O)N1. The number of carbonyl (C=O) groups is 3. The molecule has 0 bridgehead atoms. The van der Waals surface area contributed by atoms with Gasteiger partial charge < -0.3 is 0 Å². The Hall–Kier alpha value is -1.85. The molecule has 1 aromatic rings. The van der Waals surface area contributed by atoms with Gasteiger partial charge in [-0.05, 0) is 17.7 Å². The highest BCUT2D eigenvalue weighted by molar-refractivity contribution is 6.43. The van der Waals surface area contributed by atoms with Crippen LogP contribution in [0.2, 0.25) is 10.0 Å². The number of rotatable bonds is 1. The molecule has 18 heavy (non-hydrogen) atoms. The first-order valence-corrected chi connectivity index (χ1v) is 5.57. The van der Waals surface area contributed by atoms with Crippen LogP contribution in [-0.2, 0) is 9.59 Å². The molecule has 2 rings (SSSR count). The molecule has 7 heteroatoms. The highest BCUT2D eigenvalue weighted by atomic mass is 35.5. The van der Waals surface area contributed by atoms with Crippen LogP contribution in [0.5, 0.6) is 0 Å². The van der Waals surface area contributed by atoms with Crippen LogP contribution in [0, 0.1) is 0 Å². The number of halogens is 2. The highest BCUT2D eigenvalue weighted by Gasteiger charge is 2.27. The molecule has 0 aromatic heterocycles. The van der Waals surface area contributed by atoms with Gasteiger partial charge in [0.25, 0.3) is 11.8 Å². The predicted molar refractivity (Wildman–Crippen MR) is 66.1 cm³/mol. The van der Waals surface area contributed by atoms with Gasteiger partial charge in [0, 0.05) is 0 Å². The molecule has 0 saturated carbocycles. The molecule has 0 atom stereocenters. The molecule has 1 saturated heterocycles. The third-order valence-electron chi connectivity index (χ3n) is 2.22. The Kier molecular flexibility index (Phi) is 3.36. The summed E-state index contributed by atoms with van der Waals surface area (Å²) in [6, 6.07) is 3.96. The van der Waals surface area contributed by atoms with E-state index in [9.17, 15) is 14.4 Å². The lowest BCUT2D eigenvalue weighted by atomic mass is 10.1. The van der Waals surface area contributed by atoms with E-state index in [2.05, 4.69) is 0 Å². The van der Waals surface area contributed by atoms with Crippen molar-refractivity contribution in [2.45, 2.75) is 0 Å². The van der Waals surface area contributed by atoms with Crippen LogP contribution in [0.3, 0.4) is 0 Å². The van der Waals surface area contributed by atoms with Crippen LogP contribution in [-0.4, -0.2) is 17.8 Å². The lowest BCUT2D eigenvalue weighted by Gasteiger charge is -2.14. The standard InChI is InChI=1S/C11H6Cl2N2O3/c12-7-3-1-2-5(8(7)13)4-6-9(16)14-11(18)15-10(6)17/h1-4H,(H2,14,15,16,17,18). The molecule has 5 nitrogen and oxygen atoms in total. The van der Waals surface area contributed by atoms with Crippen molar-refractivity contribution in [2.24, 2.45) is 0 Å². The molecule has 0 unspecified atom stereocenters. The van der Waals surface area contributed by atoms with Crippen molar-refractivity contribution < 1.29 is 14.4 Å².